The predicted octanol–water partition coefficient (Wildman–Crippen LogP) is 9.20. The SMILES string of the molecule is CCCCCCCCCCCCSSc1nnc(-c2ccc(OC)cc2)n1CCCCCC. The lowest BCUT2D eigenvalue weighted by atomic mass is 10.1. The fraction of sp³-hybridized carbons (Fsp3) is 0.704. The van der Waals surface area contributed by atoms with Crippen molar-refractivity contribution in [3.8, 4) is 17.1 Å². The van der Waals surface area contributed by atoms with Gasteiger partial charge >= 0.3 is 0 Å². The minimum atomic E-state index is 0.870. The lowest BCUT2D eigenvalue weighted by molar-refractivity contribution is 0.415. The van der Waals surface area contributed by atoms with Crippen LogP contribution in [-0.2, 0) is 6.54 Å². The topological polar surface area (TPSA) is 39.9 Å². The number of hydrogen-bond donors (Lipinski definition) is 0. The minimum Gasteiger partial charge on any atom is -0.497 e. The number of benzene rings is 1. The van der Waals surface area contributed by atoms with Crippen molar-refractivity contribution in [3.05, 3.63) is 24.3 Å². The number of nitrogens with zero attached hydrogens (tertiary/aromatic N) is 3. The maximum Gasteiger partial charge on any atom is 0.202 e. The van der Waals surface area contributed by atoms with E-state index in [-0.39, 0.29) is 0 Å². The van der Waals surface area contributed by atoms with E-state index in [0.29, 0.717) is 0 Å². The van der Waals surface area contributed by atoms with Crippen molar-refractivity contribution in [3.63, 3.8) is 0 Å². The van der Waals surface area contributed by atoms with Gasteiger partial charge in [-0.2, -0.15) is 0 Å². The van der Waals surface area contributed by atoms with E-state index in [1.807, 2.05) is 22.9 Å². The molecule has 0 saturated carbocycles. The molecule has 0 radical (unpaired) electrons. The third kappa shape index (κ3) is 11.2. The summed E-state index contributed by atoms with van der Waals surface area (Å²) in [6.45, 7) is 5.52. The fourth-order valence-corrected chi connectivity index (χ4v) is 6.09. The third-order valence-corrected chi connectivity index (χ3v) is 8.34. The van der Waals surface area contributed by atoms with Gasteiger partial charge in [0.2, 0.25) is 5.16 Å². The van der Waals surface area contributed by atoms with E-state index in [1.54, 1.807) is 17.9 Å². The molecule has 4 nitrogen and oxygen atoms in total. The van der Waals surface area contributed by atoms with Crippen LogP contribution >= 0.6 is 21.6 Å². The highest BCUT2D eigenvalue weighted by Gasteiger charge is 2.14. The number of hydrogen-bond acceptors (Lipinski definition) is 5. The van der Waals surface area contributed by atoms with Gasteiger partial charge < -0.3 is 9.30 Å². The van der Waals surface area contributed by atoms with Crippen LogP contribution in [-0.4, -0.2) is 27.6 Å². The first kappa shape index (κ1) is 28.1. The second kappa shape index (κ2) is 18.2. The molecule has 0 aliphatic carbocycles. The van der Waals surface area contributed by atoms with Crippen molar-refractivity contribution in [1.29, 1.82) is 0 Å². The van der Waals surface area contributed by atoms with Crippen LogP contribution in [0.3, 0.4) is 0 Å². The molecule has 0 amide bonds. The van der Waals surface area contributed by atoms with E-state index in [9.17, 15) is 0 Å². The first-order valence-corrected chi connectivity index (χ1v) is 15.5. The largest absolute Gasteiger partial charge is 0.497 e. The molecule has 2 rings (SSSR count). The number of rotatable bonds is 20. The summed E-state index contributed by atoms with van der Waals surface area (Å²) in [6, 6.07) is 8.16. The molecular formula is C27H45N3OS2. The van der Waals surface area contributed by atoms with Crippen molar-refractivity contribution in [2.75, 3.05) is 12.9 Å². The molecule has 0 spiro atoms. The fourth-order valence-electron chi connectivity index (χ4n) is 3.95. The average molecular weight is 492 g/mol. The van der Waals surface area contributed by atoms with E-state index in [2.05, 4.69) is 40.7 Å². The van der Waals surface area contributed by atoms with Gasteiger partial charge in [-0.05, 0) is 47.9 Å². The van der Waals surface area contributed by atoms with Crippen molar-refractivity contribution < 1.29 is 4.74 Å². The third-order valence-electron chi connectivity index (χ3n) is 6.02. The summed E-state index contributed by atoms with van der Waals surface area (Å²) in [5.74, 6) is 3.02. The smallest absolute Gasteiger partial charge is 0.202 e. The van der Waals surface area contributed by atoms with Gasteiger partial charge in [-0.15, -0.1) is 10.2 Å². The second-order valence-electron chi connectivity index (χ2n) is 8.83. The van der Waals surface area contributed by atoms with Crippen LogP contribution < -0.4 is 4.74 Å². The van der Waals surface area contributed by atoms with E-state index in [4.69, 9.17) is 4.74 Å². The highest BCUT2D eigenvalue weighted by Crippen LogP contribution is 2.33. The van der Waals surface area contributed by atoms with Gasteiger partial charge in [-0.25, -0.2) is 0 Å². The summed E-state index contributed by atoms with van der Waals surface area (Å²) < 4.78 is 7.62. The second-order valence-corrected chi connectivity index (χ2v) is 11.2. The monoisotopic (exact) mass is 491 g/mol. The summed E-state index contributed by atoms with van der Waals surface area (Å²) in [5, 5.41) is 10.1. The molecule has 2 aromatic rings. The maximum absolute atomic E-state index is 5.31. The van der Waals surface area contributed by atoms with Crippen LogP contribution in [0, 0.1) is 0 Å². The van der Waals surface area contributed by atoms with Gasteiger partial charge in [0.25, 0.3) is 0 Å². The van der Waals surface area contributed by atoms with Gasteiger partial charge in [-0.3, -0.25) is 0 Å². The number of unbranched alkanes of at least 4 members (excludes halogenated alkanes) is 12. The Morgan fingerprint density at radius 1 is 0.727 bits per heavy atom. The molecule has 0 bridgehead atoms. The molecule has 6 heteroatoms. The highest BCUT2D eigenvalue weighted by atomic mass is 33.1. The van der Waals surface area contributed by atoms with Crippen LogP contribution in [0.2, 0.25) is 0 Å². The Morgan fingerprint density at radius 2 is 1.30 bits per heavy atom. The van der Waals surface area contributed by atoms with Crippen LogP contribution in [0.1, 0.15) is 104 Å². The Labute approximate surface area is 210 Å². The minimum absolute atomic E-state index is 0.870. The van der Waals surface area contributed by atoms with Crippen molar-refractivity contribution in [2.45, 2.75) is 115 Å². The lowest BCUT2D eigenvalue weighted by Gasteiger charge is -2.10. The molecule has 1 aromatic heterocycles. The van der Waals surface area contributed by atoms with Gasteiger partial charge in [0.15, 0.2) is 5.82 Å². The Hall–Kier alpha value is -1.14. The summed E-state index contributed by atoms with van der Waals surface area (Å²) >= 11 is 0. The van der Waals surface area contributed by atoms with E-state index in [0.717, 1.165) is 28.8 Å². The molecule has 0 unspecified atom stereocenters. The zero-order valence-electron chi connectivity index (χ0n) is 21.2. The summed E-state index contributed by atoms with van der Waals surface area (Å²) in [4.78, 5) is 0. The quantitative estimate of drug-likeness (QED) is 0.136. The Balaban J connectivity index is 1.75. The normalized spacial score (nSPS) is 11.2. The molecule has 0 fully saturated rings. The summed E-state index contributed by atoms with van der Waals surface area (Å²) in [6.07, 6.45) is 18.8. The molecule has 1 aromatic carbocycles. The molecule has 186 valence electrons. The number of aromatic nitrogens is 3. The average Bonchev–Trinajstić information content (AvgIpc) is 3.25. The standard InChI is InChI=1S/C27H45N3OS2/c1-4-6-8-10-11-12-13-14-15-17-23-32-33-27-29-28-26(30(27)22-16-9-7-5-2)24-18-20-25(31-3)21-19-24/h18-21H,4-17,22-23H2,1-3H3. The molecule has 0 N–H and O–H groups in total. The van der Waals surface area contributed by atoms with Crippen LogP contribution in [0.5, 0.6) is 5.75 Å². The van der Waals surface area contributed by atoms with E-state index in [1.165, 1.54) is 95.6 Å². The zero-order valence-corrected chi connectivity index (χ0v) is 22.8. The number of methoxy groups -OCH3 is 1. The first-order valence-electron chi connectivity index (χ1n) is 13.2. The van der Waals surface area contributed by atoms with Gasteiger partial charge in [0.1, 0.15) is 5.75 Å². The van der Waals surface area contributed by atoms with Crippen molar-refractivity contribution in [2.24, 2.45) is 0 Å². The number of ether oxygens (including phenoxy) is 1. The Kier molecular flexibility index (Phi) is 15.5. The van der Waals surface area contributed by atoms with E-state index < -0.39 is 0 Å². The van der Waals surface area contributed by atoms with Crippen molar-refractivity contribution >= 4 is 21.6 Å². The first-order chi connectivity index (χ1) is 16.3. The molecule has 0 aliphatic heterocycles. The summed E-state index contributed by atoms with van der Waals surface area (Å²) in [5.41, 5.74) is 1.10. The van der Waals surface area contributed by atoms with E-state index >= 15 is 0 Å². The highest BCUT2D eigenvalue weighted by molar-refractivity contribution is 8.76. The van der Waals surface area contributed by atoms with Crippen LogP contribution in [0.15, 0.2) is 29.4 Å². The van der Waals surface area contributed by atoms with Crippen molar-refractivity contribution in [1.82, 2.24) is 14.8 Å². The Bertz CT molecular complexity index is 733. The predicted molar refractivity (Wildman–Crippen MR) is 146 cm³/mol. The van der Waals surface area contributed by atoms with Gasteiger partial charge in [-0.1, -0.05) is 102 Å². The van der Waals surface area contributed by atoms with Crippen LogP contribution in [0.4, 0.5) is 0 Å². The lowest BCUT2D eigenvalue weighted by Crippen LogP contribution is -2.02. The maximum atomic E-state index is 5.31. The van der Waals surface area contributed by atoms with Crippen LogP contribution in [0.25, 0.3) is 11.4 Å². The zero-order chi connectivity index (χ0) is 23.6. The van der Waals surface area contributed by atoms with Gasteiger partial charge in [0.05, 0.1) is 7.11 Å². The molecule has 33 heavy (non-hydrogen) atoms. The molecule has 0 saturated heterocycles. The molecule has 0 aliphatic rings. The molecular weight excluding hydrogens is 446 g/mol. The van der Waals surface area contributed by atoms with Gasteiger partial charge in [0, 0.05) is 17.9 Å². The summed E-state index contributed by atoms with van der Waals surface area (Å²) in [7, 11) is 5.42. The molecule has 1 heterocycles. The Morgan fingerprint density at radius 3 is 1.91 bits per heavy atom. The molecule has 0 atom stereocenters.